The number of carbonyl (C=O) groups is 1. The first kappa shape index (κ1) is 20.1. The zero-order valence-electron chi connectivity index (χ0n) is 13.4. The van der Waals surface area contributed by atoms with Crippen LogP contribution in [0.5, 0.6) is 5.75 Å². The Morgan fingerprint density at radius 3 is 2.69 bits per heavy atom. The van der Waals surface area contributed by atoms with Gasteiger partial charge in [-0.15, -0.1) is 0 Å². The zero-order valence-corrected chi connectivity index (χ0v) is 16.6. The maximum atomic E-state index is 12.3. The van der Waals surface area contributed by atoms with E-state index in [2.05, 4.69) is 26.6 Å². The molecule has 26 heavy (non-hydrogen) atoms. The first-order chi connectivity index (χ1) is 12.3. The number of nitrogens with one attached hydrogen (secondary N) is 2. The second-order valence-corrected chi connectivity index (χ2v) is 6.60. The van der Waals surface area contributed by atoms with E-state index < -0.39 is 10.8 Å². The normalized spacial score (nSPS) is 10.1. The standard InChI is InChI=1S/C16H13BrClN3O4S/c1-2-25-14-6-3-9(7-11(14)17)15(22)20-16(26)19-12-5-4-10(18)8-13(12)21(23)24/h3-8H,2H2,1H3,(H2,19,20,22,26). The predicted molar refractivity (Wildman–Crippen MR) is 107 cm³/mol. The lowest BCUT2D eigenvalue weighted by Crippen LogP contribution is -2.34. The second kappa shape index (κ2) is 8.93. The Balaban J connectivity index is 2.10. The van der Waals surface area contributed by atoms with E-state index in [0.29, 0.717) is 22.4 Å². The molecule has 0 radical (unpaired) electrons. The van der Waals surface area contributed by atoms with Gasteiger partial charge in [0.25, 0.3) is 11.6 Å². The Kier molecular flexibility index (Phi) is 6.90. The number of hydrogen-bond acceptors (Lipinski definition) is 5. The number of nitro benzene ring substituents is 1. The van der Waals surface area contributed by atoms with Crippen LogP contribution in [-0.2, 0) is 0 Å². The number of nitro groups is 1. The van der Waals surface area contributed by atoms with Crippen LogP contribution in [0.25, 0.3) is 0 Å². The summed E-state index contributed by atoms with van der Waals surface area (Å²) in [6.07, 6.45) is 0. The van der Waals surface area contributed by atoms with Crippen LogP contribution in [0.4, 0.5) is 11.4 Å². The number of ether oxygens (including phenoxy) is 1. The number of nitrogens with zero attached hydrogens (tertiary/aromatic N) is 1. The summed E-state index contributed by atoms with van der Waals surface area (Å²) in [5, 5.41) is 16.3. The molecule has 0 aliphatic carbocycles. The minimum Gasteiger partial charge on any atom is -0.493 e. The third-order valence-corrected chi connectivity index (χ3v) is 4.18. The molecule has 1 amide bonds. The molecule has 0 saturated heterocycles. The molecule has 0 aliphatic rings. The Labute approximate surface area is 168 Å². The van der Waals surface area contributed by atoms with Crippen molar-refractivity contribution in [2.45, 2.75) is 6.92 Å². The van der Waals surface area contributed by atoms with Gasteiger partial charge in [-0.25, -0.2) is 0 Å². The average Bonchev–Trinajstić information content (AvgIpc) is 2.58. The molecule has 0 atom stereocenters. The topological polar surface area (TPSA) is 93.5 Å². The Hall–Kier alpha value is -2.23. The molecule has 0 bridgehead atoms. The average molecular weight is 459 g/mol. The lowest BCUT2D eigenvalue weighted by atomic mass is 10.2. The highest BCUT2D eigenvalue weighted by Crippen LogP contribution is 2.28. The van der Waals surface area contributed by atoms with E-state index in [4.69, 9.17) is 28.6 Å². The van der Waals surface area contributed by atoms with Crippen molar-refractivity contribution in [2.75, 3.05) is 11.9 Å². The van der Waals surface area contributed by atoms with Crippen LogP contribution < -0.4 is 15.4 Å². The summed E-state index contributed by atoms with van der Waals surface area (Å²) in [6.45, 7) is 2.35. The molecule has 2 rings (SSSR count). The van der Waals surface area contributed by atoms with Crippen LogP contribution in [0.2, 0.25) is 5.02 Å². The predicted octanol–water partition coefficient (Wildman–Crippen LogP) is 4.54. The van der Waals surface area contributed by atoms with Crippen molar-refractivity contribution in [3.05, 3.63) is 61.6 Å². The summed E-state index contributed by atoms with van der Waals surface area (Å²) < 4.78 is 6.01. The number of carbonyl (C=O) groups excluding carboxylic acids is 1. The van der Waals surface area contributed by atoms with Crippen molar-refractivity contribution in [2.24, 2.45) is 0 Å². The molecular formula is C16H13BrClN3O4S. The number of anilines is 1. The van der Waals surface area contributed by atoms with E-state index in [1.807, 2.05) is 6.92 Å². The van der Waals surface area contributed by atoms with Crippen LogP contribution in [0.15, 0.2) is 40.9 Å². The fourth-order valence-electron chi connectivity index (χ4n) is 2.01. The van der Waals surface area contributed by atoms with Crippen LogP contribution in [0.1, 0.15) is 17.3 Å². The number of rotatable bonds is 5. The first-order valence-electron chi connectivity index (χ1n) is 7.30. The van der Waals surface area contributed by atoms with E-state index in [0.717, 1.165) is 0 Å². The fraction of sp³-hybridized carbons (Fsp3) is 0.125. The number of hydrogen-bond donors (Lipinski definition) is 2. The van der Waals surface area contributed by atoms with Crippen LogP contribution >= 0.6 is 39.7 Å². The second-order valence-electron chi connectivity index (χ2n) is 4.91. The summed E-state index contributed by atoms with van der Waals surface area (Å²) in [5.41, 5.74) is 0.213. The van der Waals surface area contributed by atoms with Crippen molar-refractivity contribution in [1.82, 2.24) is 5.32 Å². The summed E-state index contributed by atoms with van der Waals surface area (Å²) >= 11 is 14.1. The zero-order chi connectivity index (χ0) is 19.3. The molecular weight excluding hydrogens is 446 g/mol. The summed E-state index contributed by atoms with van der Waals surface area (Å²) in [6, 6.07) is 8.91. The third kappa shape index (κ3) is 5.13. The molecule has 7 nitrogen and oxygen atoms in total. The van der Waals surface area contributed by atoms with Crippen LogP contribution in [0, 0.1) is 10.1 Å². The highest BCUT2D eigenvalue weighted by atomic mass is 79.9. The van der Waals surface area contributed by atoms with E-state index in [9.17, 15) is 14.9 Å². The van der Waals surface area contributed by atoms with E-state index >= 15 is 0 Å². The van der Waals surface area contributed by atoms with Gasteiger partial charge >= 0.3 is 0 Å². The van der Waals surface area contributed by atoms with Crippen molar-refractivity contribution in [3.8, 4) is 5.75 Å². The highest BCUT2D eigenvalue weighted by molar-refractivity contribution is 9.10. The van der Waals surface area contributed by atoms with Crippen molar-refractivity contribution < 1.29 is 14.5 Å². The lowest BCUT2D eigenvalue weighted by molar-refractivity contribution is -0.383. The molecule has 2 aromatic rings. The quantitative estimate of drug-likeness (QED) is 0.388. The van der Waals surface area contributed by atoms with Gasteiger partial charge in [0.1, 0.15) is 11.4 Å². The van der Waals surface area contributed by atoms with Crippen LogP contribution in [-0.4, -0.2) is 22.5 Å². The summed E-state index contributed by atoms with van der Waals surface area (Å²) in [7, 11) is 0. The van der Waals surface area contributed by atoms with Gasteiger partial charge in [-0.3, -0.25) is 20.2 Å². The highest BCUT2D eigenvalue weighted by Gasteiger charge is 2.17. The largest absolute Gasteiger partial charge is 0.493 e. The molecule has 0 aliphatic heterocycles. The number of halogens is 2. The van der Waals surface area contributed by atoms with E-state index in [-0.39, 0.29) is 21.5 Å². The van der Waals surface area contributed by atoms with E-state index in [1.165, 1.54) is 18.2 Å². The monoisotopic (exact) mass is 457 g/mol. The smallest absolute Gasteiger partial charge is 0.294 e. The minimum atomic E-state index is -0.595. The van der Waals surface area contributed by atoms with Crippen molar-refractivity contribution in [3.63, 3.8) is 0 Å². The van der Waals surface area contributed by atoms with Gasteiger partial charge in [0.2, 0.25) is 0 Å². The maximum Gasteiger partial charge on any atom is 0.294 e. The molecule has 136 valence electrons. The molecule has 0 aromatic heterocycles. The molecule has 0 heterocycles. The molecule has 0 saturated carbocycles. The number of thiocarbonyl (C=S) groups is 1. The van der Waals surface area contributed by atoms with Gasteiger partial charge in [-0.2, -0.15) is 0 Å². The first-order valence-corrected chi connectivity index (χ1v) is 8.88. The minimum absolute atomic E-state index is 0.0783. The van der Waals surface area contributed by atoms with Crippen LogP contribution in [0.3, 0.4) is 0 Å². The molecule has 10 heteroatoms. The number of benzene rings is 2. The molecule has 2 aromatic carbocycles. The molecule has 2 N–H and O–H groups in total. The van der Waals surface area contributed by atoms with Gasteiger partial charge < -0.3 is 10.1 Å². The van der Waals surface area contributed by atoms with Crippen molar-refractivity contribution in [1.29, 1.82) is 0 Å². The number of amides is 1. The molecule has 0 fully saturated rings. The summed E-state index contributed by atoms with van der Waals surface area (Å²) in [4.78, 5) is 22.8. The maximum absolute atomic E-state index is 12.3. The Morgan fingerprint density at radius 2 is 2.08 bits per heavy atom. The van der Waals surface area contributed by atoms with Gasteiger partial charge in [-0.1, -0.05) is 11.6 Å². The van der Waals surface area contributed by atoms with Gasteiger partial charge in [0, 0.05) is 16.7 Å². The SMILES string of the molecule is CCOc1ccc(C(=O)NC(=S)Nc2ccc(Cl)cc2[N+](=O)[O-])cc1Br. The Morgan fingerprint density at radius 1 is 1.35 bits per heavy atom. The van der Waals surface area contributed by atoms with Gasteiger partial charge in [0.05, 0.1) is 16.0 Å². The fourth-order valence-corrected chi connectivity index (χ4v) is 2.87. The molecule has 0 spiro atoms. The van der Waals surface area contributed by atoms with Gasteiger partial charge in [0.15, 0.2) is 5.11 Å². The lowest BCUT2D eigenvalue weighted by Gasteiger charge is -2.11. The van der Waals surface area contributed by atoms with E-state index in [1.54, 1.807) is 18.2 Å². The molecule has 0 unspecified atom stereocenters. The van der Waals surface area contributed by atoms with Crippen molar-refractivity contribution >= 4 is 62.1 Å². The summed E-state index contributed by atoms with van der Waals surface area (Å²) in [5.74, 6) is 0.143. The third-order valence-electron chi connectivity index (χ3n) is 3.13. The van der Waals surface area contributed by atoms with Gasteiger partial charge in [-0.05, 0) is 65.4 Å². The Bertz CT molecular complexity index is 879.